The Morgan fingerprint density at radius 1 is 1.24 bits per heavy atom. The van der Waals surface area contributed by atoms with Crippen LogP contribution in [0.3, 0.4) is 0 Å². The molecule has 0 radical (unpaired) electrons. The summed E-state index contributed by atoms with van der Waals surface area (Å²) < 4.78 is 43.6. The summed E-state index contributed by atoms with van der Waals surface area (Å²) in [6, 6.07) is 1.01. The standard InChI is InChI=1S/C14H16F3N7S/c1-4-22-9(3)10(6-18-22)24-12(19-20-13(24)25)7-23-8(2)5-11(21-23)14(15,16)17/h5-6H,4,7H2,1-3H3,(H,20,25). The minimum absolute atomic E-state index is 0.0474. The van der Waals surface area contributed by atoms with E-state index < -0.39 is 11.9 Å². The van der Waals surface area contributed by atoms with Crippen LogP contribution in [-0.4, -0.2) is 34.3 Å². The number of aryl methyl sites for hydroxylation is 2. The molecule has 3 aromatic rings. The molecule has 0 amide bonds. The Labute approximate surface area is 146 Å². The maximum absolute atomic E-state index is 12.8. The molecule has 3 aromatic heterocycles. The van der Waals surface area contributed by atoms with Crippen LogP contribution in [0.1, 0.15) is 29.8 Å². The molecule has 1 N–H and O–H groups in total. The number of rotatable bonds is 4. The summed E-state index contributed by atoms with van der Waals surface area (Å²) in [4.78, 5) is 0. The van der Waals surface area contributed by atoms with Crippen molar-refractivity contribution < 1.29 is 13.2 Å². The van der Waals surface area contributed by atoms with Crippen molar-refractivity contribution in [3.8, 4) is 5.69 Å². The largest absolute Gasteiger partial charge is 0.435 e. The molecule has 11 heteroatoms. The maximum atomic E-state index is 12.8. The predicted octanol–water partition coefficient (Wildman–Crippen LogP) is 3.03. The van der Waals surface area contributed by atoms with Crippen molar-refractivity contribution in [1.29, 1.82) is 0 Å². The van der Waals surface area contributed by atoms with E-state index in [1.807, 2.05) is 13.8 Å². The molecule has 0 unspecified atom stereocenters. The zero-order chi connectivity index (χ0) is 18.4. The van der Waals surface area contributed by atoms with E-state index in [4.69, 9.17) is 12.2 Å². The van der Waals surface area contributed by atoms with Gasteiger partial charge in [-0.1, -0.05) is 0 Å². The van der Waals surface area contributed by atoms with Crippen molar-refractivity contribution in [2.75, 3.05) is 0 Å². The lowest BCUT2D eigenvalue weighted by Gasteiger charge is -2.08. The van der Waals surface area contributed by atoms with Gasteiger partial charge in [0.25, 0.3) is 0 Å². The molecule has 0 aliphatic rings. The van der Waals surface area contributed by atoms with Crippen LogP contribution in [0.15, 0.2) is 12.3 Å². The smallest absolute Gasteiger partial charge is 0.268 e. The lowest BCUT2D eigenvalue weighted by molar-refractivity contribution is -0.141. The number of nitrogens with zero attached hydrogens (tertiary/aromatic N) is 6. The number of alkyl halides is 3. The molecule has 0 saturated heterocycles. The van der Waals surface area contributed by atoms with Crippen LogP contribution >= 0.6 is 12.2 Å². The van der Waals surface area contributed by atoms with Gasteiger partial charge < -0.3 is 0 Å². The third kappa shape index (κ3) is 3.11. The zero-order valence-corrected chi connectivity index (χ0v) is 14.6. The van der Waals surface area contributed by atoms with Gasteiger partial charge in [-0.2, -0.15) is 28.5 Å². The first-order valence-corrected chi connectivity index (χ1v) is 7.94. The lowest BCUT2D eigenvalue weighted by Crippen LogP contribution is -2.12. The molecule has 0 aromatic carbocycles. The third-order valence-electron chi connectivity index (χ3n) is 3.92. The van der Waals surface area contributed by atoms with Gasteiger partial charge in [0.05, 0.1) is 17.6 Å². The highest BCUT2D eigenvalue weighted by Crippen LogP contribution is 2.28. The first-order chi connectivity index (χ1) is 11.7. The number of nitrogens with one attached hydrogen (secondary N) is 1. The van der Waals surface area contributed by atoms with Gasteiger partial charge in [-0.15, -0.1) is 0 Å². The topological polar surface area (TPSA) is 69.2 Å². The molecule has 7 nitrogen and oxygen atoms in total. The minimum Gasteiger partial charge on any atom is -0.268 e. The molecular formula is C14H16F3N7S. The van der Waals surface area contributed by atoms with Crippen molar-refractivity contribution in [2.45, 2.75) is 40.0 Å². The molecule has 0 spiro atoms. The van der Waals surface area contributed by atoms with Crippen LogP contribution in [-0.2, 0) is 19.3 Å². The summed E-state index contributed by atoms with van der Waals surface area (Å²) >= 11 is 5.27. The normalized spacial score (nSPS) is 12.1. The number of H-pyrrole nitrogens is 1. The highest BCUT2D eigenvalue weighted by molar-refractivity contribution is 7.71. The molecule has 0 fully saturated rings. The van der Waals surface area contributed by atoms with Crippen molar-refractivity contribution in [3.05, 3.63) is 39.9 Å². The molecule has 0 aliphatic carbocycles. The number of hydrogen-bond acceptors (Lipinski definition) is 4. The van der Waals surface area contributed by atoms with Crippen molar-refractivity contribution in [1.82, 2.24) is 34.3 Å². The molecule has 0 saturated carbocycles. The van der Waals surface area contributed by atoms with Crippen LogP contribution in [0, 0.1) is 18.6 Å². The molecular weight excluding hydrogens is 355 g/mol. The number of halogens is 3. The lowest BCUT2D eigenvalue weighted by atomic mass is 10.3. The van der Waals surface area contributed by atoms with Gasteiger partial charge in [0.15, 0.2) is 16.3 Å². The third-order valence-corrected chi connectivity index (χ3v) is 4.20. The number of aromatic amines is 1. The SMILES string of the molecule is CCn1ncc(-n2c(Cn3nc(C(F)(F)F)cc3C)n[nH]c2=S)c1C. The molecule has 0 atom stereocenters. The minimum atomic E-state index is -4.49. The molecule has 134 valence electrons. The zero-order valence-electron chi connectivity index (χ0n) is 13.8. The highest BCUT2D eigenvalue weighted by atomic mass is 32.1. The van der Waals surface area contributed by atoms with Crippen LogP contribution in [0.25, 0.3) is 5.69 Å². The summed E-state index contributed by atoms with van der Waals surface area (Å²) in [6.45, 7) is 6.16. The Morgan fingerprint density at radius 2 is 1.96 bits per heavy atom. The van der Waals surface area contributed by atoms with E-state index in [9.17, 15) is 13.2 Å². The quantitative estimate of drug-likeness (QED) is 0.716. The summed E-state index contributed by atoms with van der Waals surface area (Å²) in [5.41, 5.74) is 1.07. The highest BCUT2D eigenvalue weighted by Gasteiger charge is 2.34. The fraction of sp³-hybridized carbons (Fsp3) is 0.429. The fourth-order valence-corrected chi connectivity index (χ4v) is 2.85. The van der Waals surface area contributed by atoms with E-state index in [0.29, 0.717) is 22.8 Å². The molecule has 3 heterocycles. The Bertz CT molecular complexity index is 960. The van der Waals surface area contributed by atoms with E-state index in [-0.39, 0.29) is 6.54 Å². The van der Waals surface area contributed by atoms with Gasteiger partial charge in [0.2, 0.25) is 0 Å². The first kappa shape index (κ1) is 17.4. The van der Waals surface area contributed by atoms with Gasteiger partial charge >= 0.3 is 6.18 Å². The monoisotopic (exact) mass is 371 g/mol. The molecule has 0 bridgehead atoms. The Balaban J connectivity index is 2.02. The average Bonchev–Trinajstić information content (AvgIpc) is 3.18. The predicted molar refractivity (Wildman–Crippen MR) is 86.0 cm³/mol. The summed E-state index contributed by atoms with van der Waals surface area (Å²) in [6.07, 6.45) is -2.83. The van der Waals surface area contributed by atoms with Crippen molar-refractivity contribution in [2.24, 2.45) is 0 Å². The van der Waals surface area contributed by atoms with Gasteiger partial charge in [-0.05, 0) is 39.1 Å². The van der Waals surface area contributed by atoms with E-state index in [2.05, 4.69) is 20.4 Å². The van der Waals surface area contributed by atoms with Gasteiger partial charge in [0.1, 0.15) is 6.54 Å². The first-order valence-electron chi connectivity index (χ1n) is 7.53. The summed E-state index contributed by atoms with van der Waals surface area (Å²) in [5, 5.41) is 14.7. The molecule has 3 rings (SSSR count). The number of aromatic nitrogens is 7. The average molecular weight is 371 g/mol. The Kier molecular flexibility index (Phi) is 4.27. The summed E-state index contributed by atoms with van der Waals surface area (Å²) in [5.74, 6) is 0.448. The van der Waals surface area contributed by atoms with E-state index >= 15 is 0 Å². The van der Waals surface area contributed by atoms with E-state index in [0.717, 1.165) is 17.4 Å². The van der Waals surface area contributed by atoms with Crippen LogP contribution in [0.5, 0.6) is 0 Å². The van der Waals surface area contributed by atoms with Crippen LogP contribution < -0.4 is 0 Å². The Hall–Kier alpha value is -2.43. The van der Waals surface area contributed by atoms with Gasteiger partial charge in [-0.3, -0.25) is 19.0 Å². The van der Waals surface area contributed by atoms with E-state index in [1.54, 1.807) is 22.4 Å². The second kappa shape index (κ2) is 6.14. The van der Waals surface area contributed by atoms with Gasteiger partial charge in [0, 0.05) is 12.2 Å². The number of hydrogen-bond donors (Lipinski definition) is 1. The maximum Gasteiger partial charge on any atom is 0.435 e. The van der Waals surface area contributed by atoms with Crippen molar-refractivity contribution in [3.63, 3.8) is 0 Å². The molecule has 25 heavy (non-hydrogen) atoms. The van der Waals surface area contributed by atoms with E-state index in [1.165, 1.54) is 4.68 Å². The summed E-state index contributed by atoms with van der Waals surface area (Å²) in [7, 11) is 0. The Morgan fingerprint density at radius 3 is 2.52 bits per heavy atom. The van der Waals surface area contributed by atoms with Crippen LogP contribution in [0.2, 0.25) is 0 Å². The molecule has 0 aliphatic heterocycles. The van der Waals surface area contributed by atoms with Crippen molar-refractivity contribution >= 4 is 12.2 Å². The second-order valence-corrected chi connectivity index (χ2v) is 5.92. The van der Waals surface area contributed by atoms with Crippen LogP contribution in [0.4, 0.5) is 13.2 Å². The van der Waals surface area contributed by atoms with Gasteiger partial charge in [-0.25, -0.2) is 0 Å². The second-order valence-electron chi connectivity index (χ2n) is 5.54. The fourth-order valence-electron chi connectivity index (χ4n) is 2.60.